The van der Waals surface area contributed by atoms with Crippen LogP contribution in [0, 0.1) is 0 Å². The SMILES string of the molecule is CCNC1C(=O)Nc2cc(N3CC=CCC3)c(Br)cc21. The quantitative estimate of drug-likeness (QED) is 0.835. The minimum absolute atomic E-state index is 0.0319. The Kier molecular flexibility index (Phi) is 3.81. The molecule has 1 atom stereocenters. The zero-order valence-corrected chi connectivity index (χ0v) is 13.0. The number of fused-ring (bicyclic) bond motifs is 1. The molecule has 2 aliphatic heterocycles. The molecule has 0 radical (unpaired) electrons. The van der Waals surface area contributed by atoms with Crippen molar-refractivity contribution in [1.82, 2.24) is 5.32 Å². The molecule has 1 amide bonds. The van der Waals surface area contributed by atoms with Crippen molar-refractivity contribution in [2.24, 2.45) is 0 Å². The molecular weight excluding hydrogens is 318 g/mol. The molecule has 2 aliphatic rings. The summed E-state index contributed by atoms with van der Waals surface area (Å²) < 4.78 is 1.05. The van der Waals surface area contributed by atoms with Crippen molar-refractivity contribution in [3.05, 3.63) is 34.3 Å². The van der Waals surface area contributed by atoms with Crippen LogP contribution < -0.4 is 15.5 Å². The maximum absolute atomic E-state index is 12.0. The van der Waals surface area contributed by atoms with Gasteiger partial charge in [0.2, 0.25) is 5.91 Å². The van der Waals surface area contributed by atoms with E-state index in [2.05, 4.69) is 55.7 Å². The van der Waals surface area contributed by atoms with Crippen molar-refractivity contribution in [2.45, 2.75) is 19.4 Å². The minimum atomic E-state index is -0.235. The van der Waals surface area contributed by atoms with Gasteiger partial charge in [0.15, 0.2) is 0 Å². The van der Waals surface area contributed by atoms with Crippen LogP contribution in [-0.4, -0.2) is 25.5 Å². The summed E-state index contributed by atoms with van der Waals surface area (Å²) in [6, 6.07) is 3.91. The predicted octanol–water partition coefficient (Wildman–Crippen LogP) is 2.82. The molecule has 0 saturated heterocycles. The fourth-order valence-corrected chi connectivity index (χ4v) is 3.39. The van der Waals surface area contributed by atoms with Crippen LogP contribution in [0.5, 0.6) is 0 Å². The molecule has 1 unspecified atom stereocenters. The van der Waals surface area contributed by atoms with Crippen LogP contribution in [0.1, 0.15) is 24.9 Å². The van der Waals surface area contributed by atoms with Crippen LogP contribution >= 0.6 is 15.9 Å². The van der Waals surface area contributed by atoms with Gasteiger partial charge in [-0.25, -0.2) is 0 Å². The van der Waals surface area contributed by atoms with Gasteiger partial charge in [0, 0.05) is 28.8 Å². The highest BCUT2D eigenvalue weighted by atomic mass is 79.9. The van der Waals surface area contributed by atoms with Gasteiger partial charge in [0.25, 0.3) is 0 Å². The van der Waals surface area contributed by atoms with Gasteiger partial charge >= 0.3 is 0 Å². The molecule has 4 nitrogen and oxygen atoms in total. The molecule has 0 aliphatic carbocycles. The van der Waals surface area contributed by atoms with Crippen molar-refractivity contribution >= 4 is 33.2 Å². The largest absolute Gasteiger partial charge is 0.367 e. The van der Waals surface area contributed by atoms with Crippen molar-refractivity contribution in [1.29, 1.82) is 0 Å². The third kappa shape index (κ3) is 2.36. The Balaban J connectivity index is 1.95. The second-order valence-corrected chi connectivity index (χ2v) is 5.93. The first kappa shape index (κ1) is 13.6. The maximum Gasteiger partial charge on any atom is 0.246 e. The van der Waals surface area contributed by atoms with E-state index in [0.717, 1.165) is 47.5 Å². The van der Waals surface area contributed by atoms with Crippen LogP contribution in [0.3, 0.4) is 0 Å². The summed E-state index contributed by atoms with van der Waals surface area (Å²) in [4.78, 5) is 14.3. The number of benzene rings is 1. The van der Waals surface area contributed by atoms with Gasteiger partial charge in [0.05, 0.1) is 5.69 Å². The van der Waals surface area contributed by atoms with E-state index in [-0.39, 0.29) is 11.9 Å². The molecule has 0 bridgehead atoms. The highest BCUT2D eigenvalue weighted by Gasteiger charge is 2.31. The number of hydrogen-bond acceptors (Lipinski definition) is 3. The topological polar surface area (TPSA) is 44.4 Å². The van der Waals surface area contributed by atoms with E-state index < -0.39 is 0 Å². The summed E-state index contributed by atoms with van der Waals surface area (Å²) in [6.45, 7) is 4.71. The zero-order chi connectivity index (χ0) is 14.1. The Bertz CT molecular complexity index is 570. The van der Waals surface area contributed by atoms with Gasteiger partial charge in [-0.05, 0) is 41.0 Å². The molecule has 0 spiro atoms. The van der Waals surface area contributed by atoms with Gasteiger partial charge in [-0.15, -0.1) is 0 Å². The molecule has 5 heteroatoms. The molecule has 106 valence electrons. The minimum Gasteiger partial charge on any atom is -0.367 e. The van der Waals surface area contributed by atoms with Crippen molar-refractivity contribution in [2.75, 3.05) is 29.9 Å². The van der Waals surface area contributed by atoms with Crippen molar-refractivity contribution in [3.8, 4) is 0 Å². The number of halogens is 1. The lowest BCUT2D eigenvalue weighted by Crippen LogP contribution is -2.27. The number of hydrogen-bond donors (Lipinski definition) is 2. The van der Waals surface area contributed by atoms with Gasteiger partial charge in [-0.3, -0.25) is 4.79 Å². The van der Waals surface area contributed by atoms with Crippen molar-refractivity contribution < 1.29 is 4.79 Å². The molecular formula is C15H18BrN3O. The maximum atomic E-state index is 12.0. The second kappa shape index (κ2) is 5.58. The van der Waals surface area contributed by atoms with Crippen LogP contribution in [0.4, 0.5) is 11.4 Å². The molecule has 0 saturated carbocycles. The van der Waals surface area contributed by atoms with Gasteiger partial charge < -0.3 is 15.5 Å². The molecule has 0 fully saturated rings. The number of nitrogens with one attached hydrogen (secondary N) is 2. The lowest BCUT2D eigenvalue weighted by molar-refractivity contribution is -0.117. The van der Waals surface area contributed by atoms with Gasteiger partial charge in [-0.1, -0.05) is 19.1 Å². The fourth-order valence-electron chi connectivity index (χ4n) is 2.78. The fraction of sp³-hybridized carbons (Fsp3) is 0.400. The number of anilines is 2. The molecule has 1 aromatic carbocycles. The number of likely N-dealkylation sites (N-methyl/N-ethyl adjacent to an activating group) is 1. The molecule has 20 heavy (non-hydrogen) atoms. The van der Waals surface area contributed by atoms with E-state index in [1.165, 1.54) is 0 Å². The van der Waals surface area contributed by atoms with E-state index in [1.54, 1.807) is 0 Å². The third-order valence-electron chi connectivity index (χ3n) is 3.76. The summed E-state index contributed by atoms with van der Waals surface area (Å²) in [6.07, 6.45) is 5.46. The average molecular weight is 336 g/mol. The predicted molar refractivity (Wildman–Crippen MR) is 85.2 cm³/mol. The standard InChI is InChI=1S/C15H18BrN3O/c1-2-17-14-10-8-11(16)13(9-12(10)18-15(14)20)19-6-4-3-5-7-19/h3-4,8-9,14,17H,2,5-7H2,1H3,(H,18,20). The lowest BCUT2D eigenvalue weighted by atomic mass is 10.1. The summed E-state index contributed by atoms with van der Waals surface area (Å²) in [5.74, 6) is 0.0319. The number of carbonyl (C=O) groups is 1. The Morgan fingerprint density at radius 1 is 1.45 bits per heavy atom. The Labute approximate surface area is 127 Å². The molecule has 1 aromatic rings. The number of carbonyl (C=O) groups excluding carboxylic acids is 1. The average Bonchev–Trinajstić information content (AvgIpc) is 2.75. The van der Waals surface area contributed by atoms with Crippen LogP contribution in [0.15, 0.2) is 28.8 Å². The van der Waals surface area contributed by atoms with Crippen molar-refractivity contribution in [3.63, 3.8) is 0 Å². The van der Waals surface area contributed by atoms with E-state index in [4.69, 9.17) is 0 Å². The number of rotatable bonds is 3. The smallest absolute Gasteiger partial charge is 0.246 e. The first-order valence-electron chi connectivity index (χ1n) is 6.98. The zero-order valence-electron chi connectivity index (χ0n) is 11.4. The molecule has 0 aromatic heterocycles. The Morgan fingerprint density at radius 3 is 3.00 bits per heavy atom. The third-order valence-corrected chi connectivity index (χ3v) is 4.39. The molecule has 3 rings (SSSR count). The highest BCUT2D eigenvalue weighted by molar-refractivity contribution is 9.10. The van der Waals surface area contributed by atoms with E-state index in [0.29, 0.717) is 0 Å². The van der Waals surface area contributed by atoms with Gasteiger partial charge in [0.1, 0.15) is 6.04 Å². The first-order valence-corrected chi connectivity index (χ1v) is 7.77. The number of nitrogens with zero attached hydrogens (tertiary/aromatic N) is 1. The normalized spacial score (nSPS) is 21.0. The van der Waals surface area contributed by atoms with E-state index in [1.807, 2.05) is 6.92 Å². The highest BCUT2D eigenvalue weighted by Crippen LogP contribution is 2.39. The van der Waals surface area contributed by atoms with E-state index >= 15 is 0 Å². The Hall–Kier alpha value is -1.33. The Morgan fingerprint density at radius 2 is 2.30 bits per heavy atom. The molecule has 2 heterocycles. The summed E-state index contributed by atoms with van der Waals surface area (Å²) >= 11 is 3.65. The first-order chi connectivity index (χ1) is 9.70. The van der Waals surface area contributed by atoms with E-state index in [9.17, 15) is 4.79 Å². The van der Waals surface area contributed by atoms with Crippen LogP contribution in [0.25, 0.3) is 0 Å². The summed E-state index contributed by atoms with van der Waals surface area (Å²) in [5.41, 5.74) is 3.10. The summed E-state index contributed by atoms with van der Waals surface area (Å²) in [5, 5.41) is 6.19. The van der Waals surface area contributed by atoms with Gasteiger partial charge in [-0.2, -0.15) is 0 Å². The summed E-state index contributed by atoms with van der Waals surface area (Å²) in [7, 11) is 0. The monoisotopic (exact) mass is 335 g/mol. The number of amides is 1. The second-order valence-electron chi connectivity index (χ2n) is 5.08. The lowest BCUT2D eigenvalue weighted by Gasteiger charge is -2.27. The van der Waals surface area contributed by atoms with Crippen LogP contribution in [0.2, 0.25) is 0 Å². The van der Waals surface area contributed by atoms with Crippen LogP contribution in [-0.2, 0) is 4.79 Å². The molecule has 2 N–H and O–H groups in total.